The van der Waals surface area contributed by atoms with Gasteiger partial charge < -0.3 is 26.8 Å². The summed E-state index contributed by atoms with van der Waals surface area (Å²) in [4.78, 5) is 28.7. The fourth-order valence-corrected chi connectivity index (χ4v) is 5.60. The molecule has 0 bridgehead atoms. The zero-order valence-electron chi connectivity index (χ0n) is 20.7. The van der Waals surface area contributed by atoms with Crippen molar-refractivity contribution in [2.45, 2.75) is 37.8 Å². The Bertz CT molecular complexity index is 1200. The second kappa shape index (κ2) is 14.0. The van der Waals surface area contributed by atoms with Crippen molar-refractivity contribution in [1.82, 2.24) is 10.2 Å². The van der Waals surface area contributed by atoms with Crippen LogP contribution >= 0.6 is 31.9 Å². The van der Waals surface area contributed by atoms with E-state index in [1.165, 1.54) is 4.90 Å². The third kappa shape index (κ3) is 7.82. The second-order valence-corrected chi connectivity index (χ2v) is 10.6. The van der Waals surface area contributed by atoms with Crippen LogP contribution in [-0.4, -0.2) is 40.4 Å². The molecule has 3 aromatic carbocycles. The van der Waals surface area contributed by atoms with E-state index in [4.69, 9.17) is 16.9 Å². The Balaban J connectivity index is 2.02. The molecule has 8 nitrogen and oxygen atoms in total. The van der Waals surface area contributed by atoms with Crippen LogP contribution in [0.15, 0.2) is 81.7 Å². The highest BCUT2D eigenvalue weighted by molar-refractivity contribution is 9.11. The number of primary amides is 1. The Morgan fingerprint density at radius 2 is 1.45 bits per heavy atom. The molecule has 3 aromatic rings. The highest BCUT2D eigenvalue weighted by atomic mass is 79.9. The van der Waals surface area contributed by atoms with Gasteiger partial charge in [0.05, 0.1) is 14.9 Å². The summed E-state index contributed by atoms with van der Waals surface area (Å²) >= 11 is 6.71. The van der Waals surface area contributed by atoms with E-state index in [9.17, 15) is 14.7 Å². The Kier molecular flexibility index (Phi) is 10.7. The molecule has 0 aliphatic rings. The van der Waals surface area contributed by atoms with Crippen molar-refractivity contribution in [2.24, 2.45) is 11.5 Å². The molecule has 0 aromatic heterocycles. The molecule has 0 aliphatic carbocycles. The number of rotatable bonds is 12. The first-order valence-electron chi connectivity index (χ1n) is 12.1. The molecule has 0 aliphatic heterocycles. The van der Waals surface area contributed by atoms with Crippen LogP contribution in [0.3, 0.4) is 0 Å². The van der Waals surface area contributed by atoms with E-state index < -0.39 is 17.9 Å². The van der Waals surface area contributed by atoms with Crippen molar-refractivity contribution in [3.8, 4) is 5.75 Å². The number of phenolic OH excluding ortho intramolecular Hbond substituents is 1. The van der Waals surface area contributed by atoms with Crippen LogP contribution in [0.1, 0.15) is 41.9 Å². The van der Waals surface area contributed by atoms with Gasteiger partial charge >= 0.3 is 0 Å². The van der Waals surface area contributed by atoms with E-state index in [2.05, 4.69) is 37.2 Å². The van der Waals surface area contributed by atoms with Gasteiger partial charge in [0.1, 0.15) is 11.8 Å². The van der Waals surface area contributed by atoms with Crippen LogP contribution in [0.2, 0.25) is 0 Å². The van der Waals surface area contributed by atoms with Crippen LogP contribution in [0.4, 0.5) is 0 Å². The predicted molar refractivity (Wildman–Crippen MR) is 156 cm³/mol. The number of halogens is 2. The van der Waals surface area contributed by atoms with E-state index in [1.54, 1.807) is 12.1 Å². The minimum Gasteiger partial charge on any atom is -0.506 e. The average molecular weight is 645 g/mol. The van der Waals surface area contributed by atoms with Crippen molar-refractivity contribution in [3.63, 3.8) is 0 Å². The third-order valence-electron chi connectivity index (χ3n) is 6.15. The smallest absolute Gasteiger partial charge is 0.240 e. The van der Waals surface area contributed by atoms with Crippen LogP contribution in [0, 0.1) is 5.41 Å². The molecular formula is C28H31Br2N5O3. The number of nitrogens with zero attached hydrogens (tertiary/aromatic N) is 1. The van der Waals surface area contributed by atoms with Crippen LogP contribution in [-0.2, 0) is 16.1 Å². The van der Waals surface area contributed by atoms with Gasteiger partial charge in [0.2, 0.25) is 11.8 Å². The summed E-state index contributed by atoms with van der Waals surface area (Å²) in [5.41, 5.74) is 13.6. The number of hydrogen-bond donors (Lipinski definition) is 5. The Labute approximate surface area is 239 Å². The summed E-state index contributed by atoms with van der Waals surface area (Å²) in [5, 5.41) is 20.2. The molecule has 0 radical (unpaired) electrons. The number of hydrogen-bond acceptors (Lipinski definition) is 4. The number of carbonyl (C=O) groups excluding carboxylic acids is 2. The minimum absolute atomic E-state index is 0.0440. The first-order valence-corrected chi connectivity index (χ1v) is 13.7. The molecule has 0 spiro atoms. The van der Waals surface area contributed by atoms with Crippen LogP contribution in [0.25, 0.3) is 0 Å². The maximum atomic E-state index is 14.4. The highest BCUT2D eigenvalue weighted by Crippen LogP contribution is 2.35. The zero-order chi connectivity index (χ0) is 27.7. The molecule has 38 heavy (non-hydrogen) atoms. The SMILES string of the molecule is N=C(N)NCCCC[C@H](C(N)=O)N(Cc1cc(Br)c(O)c(Br)c1)C(=O)C(c1ccccc1)c1ccccc1. The lowest BCUT2D eigenvalue weighted by Gasteiger charge is -2.33. The van der Waals surface area contributed by atoms with Crippen molar-refractivity contribution in [3.05, 3.63) is 98.4 Å². The summed E-state index contributed by atoms with van der Waals surface area (Å²) in [5.74, 6) is -1.58. The summed E-state index contributed by atoms with van der Waals surface area (Å²) < 4.78 is 0.922. The molecule has 2 amide bonds. The first-order chi connectivity index (χ1) is 18.2. The maximum Gasteiger partial charge on any atom is 0.240 e. The topological polar surface area (TPSA) is 146 Å². The zero-order valence-corrected chi connectivity index (χ0v) is 23.9. The van der Waals surface area contributed by atoms with E-state index >= 15 is 0 Å². The number of amides is 2. The third-order valence-corrected chi connectivity index (χ3v) is 7.36. The Morgan fingerprint density at radius 1 is 0.921 bits per heavy atom. The van der Waals surface area contributed by atoms with E-state index in [0.29, 0.717) is 40.3 Å². The maximum absolute atomic E-state index is 14.4. The van der Waals surface area contributed by atoms with E-state index in [0.717, 1.165) is 11.1 Å². The fourth-order valence-electron chi connectivity index (χ4n) is 4.32. The number of nitrogens with one attached hydrogen (secondary N) is 2. The lowest BCUT2D eigenvalue weighted by molar-refractivity contribution is -0.141. The summed E-state index contributed by atoms with van der Waals surface area (Å²) in [6.07, 6.45) is 1.57. The summed E-state index contributed by atoms with van der Waals surface area (Å²) in [6, 6.07) is 21.4. The Morgan fingerprint density at radius 3 is 1.92 bits per heavy atom. The number of nitrogens with two attached hydrogens (primary N) is 2. The molecule has 0 heterocycles. The molecule has 3 rings (SSSR count). The molecular weight excluding hydrogens is 614 g/mol. The normalized spacial score (nSPS) is 11.7. The van der Waals surface area contributed by atoms with Crippen molar-refractivity contribution >= 4 is 49.6 Å². The van der Waals surface area contributed by atoms with Gasteiger partial charge in [-0.1, -0.05) is 60.7 Å². The van der Waals surface area contributed by atoms with Gasteiger partial charge in [-0.3, -0.25) is 15.0 Å². The first kappa shape index (κ1) is 29.2. The minimum atomic E-state index is -0.874. The predicted octanol–water partition coefficient (Wildman–Crippen LogP) is 4.59. The van der Waals surface area contributed by atoms with Gasteiger partial charge in [-0.2, -0.15) is 0 Å². The monoisotopic (exact) mass is 643 g/mol. The summed E-state index contributed by atoms with van der Waals surface area (Å²) in [7, 11) is 0. The number of guanidine groups is 1. The number of benzene rings is 3. The fraction of sp³-hybridized carbons (Fsp3) is 0.250. The molecule has 0 saturated heterocycles. The van der Waals surface area contributed by atoms with Crippen LogP contribution < -0.4 is 16.8 Å². The molecule has 7 N–H and O–H groups in total. The Hall–Kier alpha value is -3.37. The van der Waals surface area contributed by atoms with E-state index in [-0.39, 0.29) is 24.2 Å². The van der Waals surface area contributed by atoms with Crippen molar-refractivity contribution in [2.75, 3.05) is 6.54 Å². The van der Waals surface area contributed by atoms with Crippen molar-refractivity contribution in [1.29, 1.82) is 5.41 Å². The lowest BCUT2D eigenvalue weighted by atomic mass is 9.89. The summed E-state index contributed by atoms with van der Waals surface area (Å²) in [6.45, 7) is 0.578. The van der Waals surface area contributed by atoms with E-state index in [1.807, 2.05) is 60.7 Å². The number of carbonyl (C=O) groups is 2. The van der Waals surface area contributed by atoms with Gasteiger partial charge in [-0.15, -0.1) is 0 Å². The van der Waals surface area contributed by atoms with Gasteiger partial charge in [-0.05, 0) is 79.9 Å². The number of phenols is 1. The highest BCUT2D eigenvalue weighted by Gasteiger charge is 2.34. The van der Waals surface area contributed by atoms with Gasteiger partial charge in [0.15, 0.2) is 5.96 Å². The van der Waals surface area contributed by atoms with Gasteiger partial charge in [-0.25, -0.2) is 0 Å². The van der Waals surface area contributed by atoms with Crippen LogP contribution in [0.5, 0.6) is 5.75 Å². The quantitative estimate of drug-likeness (QED) is 0.111. The molecule has 10 heteroatoms. The molecule has 0 saturated carbocycles. The number of aromatic hydroxyl groups is 1. The van der Waals surface area contributed by atoms with Gasteiger partial charge in [0.25, 0.3) is 0 Å². The molecule has 1 atom stereocenters. The molecule has 0 unspecified atom stereocenters. The second-order valence-electron chi connectivity index (χ2n) is 8.88. The number of unbranched alkanes of at least 4 members (excludes halogenated alkanes) is 1. The largest absolute Gasteiger partial charge is 0.506 e. The molecule has 0 fully saturated rings. The molecule has 200 valence electrons. The van der Waals surface area contributed by atoms with Gasteiger partial charge in [0, 0.05) is 13.1 Å². The standard InChI is InChI=1S/C28H31Br2N5O3/c29-21-15-18(16-22(30)25(21)36)17-35(23(26(31)37)13-7-8-14-34-28(32)33)27(38)24(19-9-3-1-4-10-19)20-11-5-2-6-12-20/h1-6,9-12,15-16,23-24,36H,7-8,13-14,17H2,(H2,31,37)(H4,32,33,34)/t23-/m1/s1. The lowest BCUT2D eigenvalue weighted by Crippen LogP contribution is -2.49. The van der Waals surface area contributed by atoms with Crippen molar-refractivity contribution < 1.29 is 14.7 Å². The average Bonchev–Trinajstić information content (AvgIpc) is 2.89.